The van der Waals surface area contributed by atoms with Gasteiger partial charge in [0.15, 0.2) is 0 Å². The third kappa shape index (κ3) is 1.11. The fourth-order valence-electron chi connectivity index (χ4n) is 0.913. The first-order valence-corrected chi connectivity index (χ1v) is 4.08. The lowest BCUT2D eigenvalue weighted by Crippen LogP contribution is -2.02. The van der Waals surface area contributed by atoms with E-state index in [1.807, 2.05) is 6.07 Å². The molecule has 7 heteroatoms. The molecule has 0 aliphatic heterocycles. The molecule has 2 aromatic rings. The summed E-state index contributed by atoms with van der Waals surface area (Å²) in [6.45, 7) is 0. The molecule has 2 rings (SSSR count). The fourth-order valence-corrected chi connectivity index (χ4v) is 1.23. The van der Waals surface area contributed by atoms with Gasteiger partial charge in [0.05, 0.1) is 6.20 Å². The molecule has 0 fully saturated rings. The minimum atomic E-state index is 0.241. The second-order valence-electron chi connectivity index (χ2n) is 2.26. The van der Waals surface area contributed by atoms with Gasteiger partial charge in [-0.3, -0.25) is 0 Å². The summed E-state index contributed by atoms with van der Waals surface area (Å²) in [4.78, 5) is 7.81. The number of aromatic nitrogens is 4. The third-order valence-electron chi connectivity index (χ3n) is 1.50. The van der Waals surface area contributed by atoms with Crippen molar-refractivity contribution >= 4 is 27.5 Å². The average molecular weight is 239 g/mol. The number of nitrogens with zero attached hydrogens (tertiary/aromatic N) is 5. The summed E-state index contributed by atoms with van der Waals surface area (Å²) in [5, 5.41) is 12.5. The van der Waals surface area contributed by atoms with Crippen LogP contribution in [0.2, 0.25) is 0 Å². The van der Waals surface area contributed by atoms with Crippen molar-refractivity contribution in [1.82, 2.24) is 19.6 Å². The van der Waals surface area contributed by atoms with Crippen molar-refractivity contribution in [1.29, 1.82) is 5.26 Å². The molecule has 0 saturated heterocycles. The third-order valence-corrected chi connectivity index (χ3v) is 1.83. The summed E-state index contributed by atoms with van der Waals surface area (Å²) in [7, 11) is 0. The smallest absolute Gasteiger partial charge is 0.255 e. The zero-order chi connectivity index (χ0) is 9.42. The number of halogens is 1. The highest BCUT2D eigenvalue weighted by atomic mass is 79.9. The first-order valence-electron chi connectivity index (χ1n) is 3.29. The van der Waals surface area contributed by atoms with Crippen LogP contribution in [0.25, 0.3) is 5.78 Å². The first kappa shape index (κ1) is 7.94. The lowest BCUT2D eigenvalue weighted by Gasteiger charge is -1.96. The van der Waals surface area contributed by atoms with Crippen LogP contribution in [-0.2, 0) is 0 Å². The van der Waals surface area contributed by atoms with Crippen molar-refractivity contribution in [2.75, 3.05) is 5.73 Å². The van der Waals surface area contributed by atoms with Crippen molar-refractivity contribution in [2.45, 2.75) is 0 Å². The van der Waals surface area contributed by atoms with E-state index >= 15 is 0 Å². The standard InChI is InChI=1S/C6H3BrN6/c7-5-11-6-10-2-3(1-8)4(9)13(6)12-5/h2H,9H2. The van der Waals surface area contributed by atoms with Gasteiger partial charge in [0.2, 0.25) is 4.73 Å². The van der Waals surface area contributed by atoms with Crippen molar-refractivity contribution in [2.24, 2.45) is 0 Å². The molecule has 0 radical (unpaired) electrons. The van der Waals surface area contributed by atoms with Gasteiger partial charge >= 0.3 is 0 Å². The molecule has 0 atom stereocenters. The molecule has 2 heterocycles. The number of nitrogen functional groups attached to an aromatic ring is 1. The highest BCUT2D eigenvalue weighted by molar-refractivity contribution is 9.10. The minimum Gasteiger partial charge on any atom is -0.382 e. The zero-order valence-electron chi connectivity index (χ0n) is 6.27. The van der Waals surface area contributed by atoms with Gasteiger partial charge in [-0.1, -0.05) is 0 Å². The molecule has 0 aliphatic carbocycles. The molecule has 0 spiro atoms. The Morgan fingerprint density at radius 3 is 3.08 bits per heavy atom. The van der Waals surface area contributed by atoms with Crippen molar-refractivity contribution < 1.29 is 0 Å². The second kappa shape index (κ2) is 2.67. The summed E-state index contributed by atoms with van der Waals surface area (Å²) < 4.78 is 1.70. The van der Waals surface area contributed by atoms with Gasteiger partial charge in [-0.05, 0) is 15.9 Å². The van der Waals surface area contributed by atoms with Crippen LogP contribution in [0.4, 0.5) is 5.82 Å². The Morgan fingerprint density at radius 1 is 1.62 bits per heavy atom. The van der Waals surface area contributed by atoms with E-state index in [1.54, 1.807) is 0 Å². The summed E-state index contributed by atoms with van der Waals surface area (Å²) in [5.41, 5.74) is 5.90. The van der Waals surface area contributed by atoms with Crippen LogP contribution in [0.3, 0.4) is 0 Å². The number of fused-ring (bicyclic) bond motifs is 1. The Morgan fingerprint density at radius 2 is 2.38 bits per heavy atom. The summed E-state index contributed by atoms with van der Waals surface area (Å²) in [5.74, 6) is 0.606. The van der Waals surface area contributed by atoms with Crippen LogP contribution in [0, 0.1) is 11.3 Å². The molecule has 2 aromatic heterocycles. The predicted molar refractivity (Wildman–Crippen MR) is 47.6 cm³/mol. The molecular weight excluding hydrogens is 236 g/mol. The van der Waals surface area contributed by atoms with E-state index in [0.717, 1.165) is 0 Å². The SMILES string of the molecule is N#Cc1cnc2nc(Br)nn2c1N. The van der Waals surface area contributed by atoms with Gasteiger partial charge in [-0.25, -0.2) is 4.98 Å². The van der Waals surface area contributed by atoms with Gasteiger partial charge in [0.25, 0.3) is 5.78 Å². The van der Waals surface area contributed by atoms with Crippen LogP contribution in [0.15, 0.2) is 10.9 Å². The van der Waals surface area contributed by atoms with E-state index in [0.29, 0.717) is 10.5 Å². The highest BCUT2D eigenvalue weighted by Gasteiger charge is 2.08. The number of rotatable bonds is 0. The number of hydrogen-bond donors (Lipinski definition) is 1. The first-order chi connectivity index (χ1) is 6.22. The second-order valence-corrected chi connectivity index (χ2v) is 2.97. The molecule has 0 aromatic carbocycles. The van der Waals surface area contributed by atoms with Crippen molar-refractivity contribution in [3.05, 3.63) is 16.5 Å². The maximum absolute atomic E-state index is 8.64. The molecule has 2 N–H and O–H groups in total. The largest absolute Gasteiger partial charge is 0.382 e. The van der Waals surface area contributed by atoms with Crippen molar-refractivity contribution in [3.8, 4) is 6.07 Å². The number of nitrogens with two attached hydrogens (primary N) is 1. The van der Waals surface area contributed by atoms with E-state index in [2.05, 4.69) is 31.0 Å². The molecule has 13 heavy (non-hydrogen) atoms. The van der Waals surface area contributed by atoms with E-state index in [-0.39, 0.29) is 11.4 Å². The quantitative estimate of drug-likeness (QED) is 0.715. The average Bonchev–Trinajstić information content (AvgIpc) is 2.47. The summed E-state index contributed by atoms with van der Waals surface area (Å²) in [6, 6.07) is 1.91. The summed E-state index contributed by atoms with van der Waals surface area (Å²) >= 11 is 3.08. The van der Waals surface area contributed by atoms with Crippen molar-refractivity contribution in [3.63, 3.8) is 0 Å². The molecule has 6 nitrogen and oxygen atoms in total. The zero-order valence-corrected chi connectivity index (χ0v) is 7.85. The number of nitriles is 1. The molecule has 0 saturated carbocycles. The van der Waals surface area contributed by atoms with Crippen LogP contribution in [-0.4, -0.2) is 19.6 Å². The lowest BCUT2D eigenvalue weighted by molar-refractivity contribution is 0.936. The fraction of sp³-hybridized carbons (Fsp3) is 0. The van der Waals surface area contributed by atoms with E-state index in [9.17, 15) is 0 Å². The van der Waals surface area contributed by atoms with Gasteiger partial charge in [-0.2, -0.15) is 14.8 Å². The molecule has 0 amide bonds. The van der Waals surface area contributed by atoms with Crippen LogP contribution in [0.5, 0.6) is 0 Å². The minimum absolute atomic E-state index is 0.241. The Labute approximate surface area is 81.1 Å². The van der Waals surface area contributed by atoms with Crippen LogP contribution < -0.4 is 5.73 Å². The number of hydrogen-bond acceptors (Lipinski definition) is 5. The normalized spacial score (nSPS) is 10.2. The lowest BCUT2D eigenvalue weighted by atomic mass is 10.3. The molecule has 64 valence electrons. The molecule has 0 unspecified atom stereocenters. The summed E-state index contributed by atoms with van der Waals surface area (Å²) in [6.07, 6.45) is 1.37. The highest BCUT2D eigenvalue weighted by Crippen LogP contribution is 2.12. The maximum Gasteiger partial charge on any atom is 0.255 e. The van der Waals surface area contributed by atoms with Gasteiger partial charge < -0.3 is 5.73 Å². The predicted octanol–water partition coefficient (Wildman–Crippen LogP) is 0.341. The number of anilines is 1. The van der Waals surface area contributed by atoms with Crippen LogP contribution in [0.1, 0.15) is 5.56 Å². The Bertz CT molecular complexity index is 510. The molecule has 0 bridgehead atoms. The molecular formula is C6H3BrN6. The van der Waals surface area contributed by atoms with Gasteiger partial charge in [-0.15, -0.1) is 5.10 Å². The van der Waals surface area contributed by atoms with Crippen LogP contribution >= 0.6 is 15.9 Å². The maximum atomic E-state index is 8.64. The Kier molecular flexibility index (Phi) is 1.63. The van der Waals surface area contributed by atoms with E-state index in [1.165, 1.54) is 10.7 Å². The monoisotopic (exact) mass is 238 g/mol. The Balaban J connectivity index is 2.87. The van der Waals surface area contributed by atoms with E-state index in [4.69, 9.17) is 11.0 Å². The Hall–Kier alpha value is -1.68. The molecule has 0 aliphatic rings. The van der Waals surface area contributed by atoms with Gasteiger partial charge in [0, 0.05) is 0 Å². The topological polar surface area (TPSA) is 92.9 Å². The van der Waals surface area contributed by atoms with E-state index < -0.39 is 0 Å². The van der Waals surface area contributed by atoms with Gasteiger partial charge in [0.1, 0.15) is 17.5 Å².